The zero-order valence-corrected chi connectivity index (χ0v) is 17.8. The number of halogens is 4. The van der Waals surface area contributed by atoms with E-state index in [1.54, 1.807) is 0 Å². The highest BCUT2D eigenvalue weighted by Crippen LogP contribution is 2.42. The molecule has 0 unspecified atom stereocenters. The van der Waals surface area contributed by atoms with E-state index in [9.17, 15) is 9.59 Å². The van der Waals surface area contributed by atoms with Crippen molar-refractivity contribution < 1.29 is 24.2 Å². The van der Waals surface area contributed by atoms with Crippen molar-refractivity contribution >= 4 is 75.7 Å². The molecule has 0 saturated heterocycles. The summed E-state index contributed by atoms with van der Waals surface area (Å²) in [6, 6.07) is 0. The van der Waals surface area contributed by atoms with Crippen molar-refractivity contribution in [3.63, 3.8) is 0 Å². The summed E-state index contributed by atoms with van der Waals surface area (Å²) in [7, 11) is 0. The predicted octanol–water partition coefficient (Wildman–Crippen LogP) is 5.31. The molecule has 0 saturated carbocycles. The first-order valence-corrected chi connectivity index (χ1v) is 9.14. The van der Waals surface area contributed by atoms with Crippen LogP contribution in [0.25, 0.3) is 0 Å². The molecule has 0 aliphatic heterocycles. The topological polar surface area (TPSA) is 72.8 Å². The van der Waals surface area contributed by atoms with Crippen molar-refractivity contribution in [2.75, 3.05) is 13.2 Å². The number of carbonyl (C=O) groups excluding carboxylic acids is 2. The van der Waals surface area contributed by atoms with E-state index < -0.39 is 11.9 Å². The van der Waals surface area contributed by atoms with Gasteiger partial charge in [-0.3, -0.25) is 0 Å². The standard InChI is InChI=1S/C14H10Br4O5/c1-2-5-22-13(20)7-8(14(21)23-6-3-4-19)10(16)12(18)11(17)9(7)15/h2-4,19H,1,5-6H2. The lowest BCUT2D eigenvalue weighted by Gasteiger charge is -2.15. The number of rotatable bonds is 6. The van der Waals surface area contributed by atoms with Gasteiger partial charge in [-0.1, -0.05) is 12.7 Å². The number of hydrogen-bond donors (Lipinski definition) is 1. The van der Waals surface area contributed by atoms with E-state index in [-0.39, 0.29) is 24.3 Å². The van der Waals surface area contributed by atoms with Gasteiger partial charge in [0.05, 0.1) is 17.4 Å². The molecular formula is C14H10Br4O5. The fourth-order valence-electron chi connectivity index (χ4n) is 1.46. The summed E-state index contributed by atoms with van der Waals surface area (Å²) in [6.45, 7) is 3.32. The Labute approximate surface area is 166 Å². The van der Waals surface area contributed by atoms with Gasteiger partial charge in [0, 0.05) is 17.9 Å². The third-order valence-corrected chi connectivity index (χ3v) is 7.19. The molecule has 0 atom stereocenters. The summed E-state index contributed by atoms with van der Waals surface area (Å²) >= 11 is 13.2. The quantitative estimate of drug-likeness (QED) is 0.163. The molecule has 0 aromatic heterocycles. The van der Waals surface area contributed by atoms with Gasteiger partial charge in [-0.2, -0.15) is 0 Å². The number of benzene rings is 1. The van der Waals surface area contributed by atoms with Crippen molar-refractivity contribution in [1.82, 2.24) is 0 Å². The summed E-state index contributed by atoms with van der Waals surface area (Å²) in [5, 5.41) is 8.58. The fraction of sp³-hybridized carbons (Fsp3) is 0.143. The van der Waals surface area contributed by atoms with E-state index in [0.29, 0.717) is 17.9 Å². The van der Waals surface area contributed by atoms with Gasteiger partial charge in [-0.05, 0) is 69.8 Å². The monoisotopic (exact) mass is 574 g/mol. The molecule has 9 heteroatoms. The van der Waals surface area contributed by atoms with Crippen LogP contribution in [0.2, 0.25) is 0 Å². The van der Waals surface area contributed by atoms with Gasteiger partial charge >= 0.3 is 11.9 Å². The van der Waals surface area contributed by atoms with Crippen LogP contribution in [0.5, 0.6) is 0 Å². The lowest BCUT2D eigenvalue weighted by Crippen LogP contribution is -2.16. The van der Waals surface area contributed by atoms with E-state index in [1.165, 1.54) is 12.2 Å². The number of aliphatic hydroxyl groups is 1. The Balaban J connectivity index is 3.43. The van der Waals surface area contributed by atoms with Crippen LogP contribution in [0.3, 0.4) is 0 Å². The molecule has 0 bridgehead atoms. The second-order valence-corrected chi connectivity index (χ2v) is 7.05. The molecule has 124 valence electrons. The number of esters is 2. The molecule has 23 heavy (non-hydrogen) atoms. The molecule has 0 spiro atoms. The number of hydrogen-bond acceptors (Lipinski definition) is 5. The highest BCUT2D eigenvalue weighted by atomic mass is 79.9. The minimum Gasteiger partial charge on any atom is -0.516 e. The van der Waals surface area contributed by atoms with Gasteiger partial charge < -0.3 is 14.6 Å². The summed E-state index contributed by atoms with van der Waals surface area (Å²) in [5.41, 5.74) is -0.000805. The predicted molar refractivity (Wildman–Crippen MR) is 99.8 cm³/mol. The first kappa shape index (κ1) is 20.4. The molecule has 1 aromatic carbocycles. The zero-order chi connectivity index (χ0) is 17.6. The zero-order valence-electron chi connectivity index (χ0n) is 11.4. The molecule has 1 rings (SSSR count). The maximum Gasteiger partial charge on any atom is 0.340 e. The van der Waals surface area contributed by atoms with Crippen LogP contribution < -0.4 is 0 Å². The molecule has 0 radical (unpaired) electrons. The maximum atomic E-state index is 12.3. The lowest BCUT2D eigenvalue weighted by molar-refractivity contribution is 0.0500. The minimum absolute atomic E-state index is 0.00167. The largest absolute Gasteiger partial charge is 0.516 e. The van der Waals surface area contributed by atoms with E-state index in [0.717, 1.165) is 6.26 Å². The van der Waals surface area contributed by atoms with Gasteiger partial charge in [0.15, 0.2) is 0 Å². The van der Waals surface area contributed by atoms with Gasteiger partial charge in [0.2, 0.25) is 0 Å². The average Bonchev–Trinajstić information content (AvgIpc) is 2.53. The lowest BCUT2D eigenvalue weighted by atomic mass is 10.1. The van der Waals surface area contributed by atoms with Gasteiger partial charge in [0.25, 0.3) is 0 Å². The summed E-state index contributed by atoms with van der Waals surface area (Å²) < 4.78 is 11.7. The van der Waals surface area contributed by atoms with Gasteiger partial charge in [-0.15, -0.1) is 0 Å². The molecule has 0 amide bonds. The van der Waals surface area contributed by atoms with Gasteiger partial charge in [0.1, 0.15) is 13.2 Å². The molecule has 0 fully saturated rings. The van der Waals surface area contributed by atoms with Crippen LogP contribution in [-0.2, 0) is 9.47 Å². The van der Waals surface area contributed by atoms with Crippen LogP contribution in [0.4, 0.5) is 0 Å². The third-order valence-electron chi connectivity index (χ3n) is 2.42. The minimum atomic E-state index is -0.755. The number of carbonyl (C=O) groups is 2. The normalized spacial score (nSPS) is 10.6. The Morgan fingerprint density at radius 1 is 0.913 bits per heavy atom. The number of ether oxygens (including phenoxy) is 2. The molecule has 5 nitrogen and oxygen atoms in total. The van der Waals surface area contributed by atoms with E-state index in [1.807, 2.05) is 0 Å². The third kappa shape index (κ3) is 4.91. The SMILES string of the molecule is C=CCOC(=O)c1c(Br)c(Br)c(Br)c(Br)c1C(=O)OCC=CO. The Morgan fingerprint density at radius 3 is 1.74 bits per heavy atom. The van der Waals surface area contributed by atoms with Crippen LogP contribution in [0.1, 0.15) is 20.7 Å². The van der Waals surface area contributed by atoms with Crippen molar-refractivity contribution in [2.45, 2.75) is 0 Å². The fourth-order valence-corrected chi connectivity index (χ4v) is 3.90. The summed E-state index contributed by atoms with van der Waals surface area (Å²) in [5.74, 6) is -1.47. The Kier molecular flexibility index (Phi) is 8.52. The highest BCUT2D eigenvalue weighted by molar-refractivity contribution is 9.15. The van der Waals surface area contributed by atoms with Crippen molar-refractivity contribution in [2.24, 2.45) is 0 Å². The van der Waals surface area contributed by atoms with Crippen LogP contribution in [0.15, 0.2) is 42.9 Å². The van der Waals surface area contributed by atoms with Crippen molar-refractivity contribution in [3.05, 3.63) is 54.0 Å². The van der Waals surface area contributed by atoms with Gasteiger partial charge in [-0.25, -0.2) is 9.59 Å². The van der Waals surface area contributed by atoms with Crippen LogP contribution in [0, 0.1) is 0 Å². The van der Waals surface area contributed by atoms with Crippen molar-refractivity contribution in [1.29, 1.82) is 0 Å². The molecule has 1 aromatic rings. The first-order chi connectivity index (χ1) is 10.9. The van der Waals surface area contributed by atoms with E-state index in [2.05, 4.69) is 70.3 Å². The first-order valence-electron chi connectivity index (χ1n) is 5.97. The molecule has 0 aliphatic carbocycles. The van der Waals surface area contributed by atoms with Crippen LogP contribution >= 0.6 is 63.7 Å². The Hall–Kier alpha value is -0.640. The average molecular weight is 578 g/mol. The Morgan fingerprint density at radius 2 is 1.35 bits per heavy atom. The highest BCUT2D eigenvalue weighted by Gasteiger charge is 2.29. The van der Waals surface area contributed by atoms with Crippen molar-refractivity contribution in [3.8, 4) is 0 Å². The molecule has 0 aliphatic rings. The second kappa shape index (κ2) is 9.61. The Bertz CT molecular complexity index is 670. The summed E-state index contributed by atoms with van der Waals surface area (Å²) in [4.78, 5) is 24.6. The summed E-state index contributed by atoms with van der Waals surface area (Å²) in [6.07, 6.45) is 3.41. The molecule has 0 heterocycles. The number of aliphatic hydroxyl groups excluding tert-OH is 1. The maximum absolute atomic E-state index is 12.3. The molecule has 1 N–H and O–H groups in total. The van der Waals surface area contributed by atoms with Crippen LogP contribution in [-0.4, -0.2) is 30.3 Å². The van der Waals surface area contributed by atoms with E-state index in [4.69, 9.17) is 14.6 Å². The smallest absolute Gasteiger partial charge is 0.340 e. The molecular weight excluding hydrogens is 568 g/mol. The second-order valence-electron chi connectivity index (χ2n) is 3.88. The van der Waals surface area contributed by atoms with E-state index >= 15 is 0 Å².